The highest BCUT2D eigenvalue weighted by atomic mass is 16.5. The first-order valence-corrected chi connectivity index (χ1v) is 7.14. The van der Waals surface area contributed by atoms with E-state index >= 15 is 0 Å². The standard InChI is InChI=1S/C16H23N3O2/c1-12(2)8-13(11-18)9-16(20)19-14-4-3-5-15(10-14)21-7-6-17/h3-5,10,12-13H,7-9,11,18H2,1-2H3,(H,19,20)/t13-/m0/s1. The van der Waals surface area contributed by atoms with Gasteiger partial charge in [-0.25, -0.2) is 0 Å². The molecule has 0 aliphatic heterocycles. The molecular formula is C16H23N3O2. The molecule has 0 unspecified atom stereocenters. The lowest BCUT2D eigenvalue weighted by Crippen LogP contribution is -2.23. The van der Waals surface area contributed by atoms with Gasteiger partial charge in [-0.1, -0.05) is 19.9 Å². The van der Waals surface area contributed by atoms with Gasteiger partial charge >= 0.3 is 0 Å². The van der Waals surface area contributed by atoms with Gasteiger partial charge in [0.15, 0.2) is 6.61 Å². The van der Waals surface area contributed by atoms with E-state index in [1.165, 1.54) is 0 Å². The maximum Gasteiger partial charge on any atom is 0.224 e. The summed E-state index contributed by atoms with van der Waals surface area (Å²) in [4.78, 5) is 12.0. The number of amides is 1. The van der Waals surface area contributed by atoms with Crippen LogP contribution in [0.1, 0.15) is 26.7 Å². The maximum absolute atomic E-state index is 12.0. The highest BCUT2D eigenvalue weighted by molar-refractivity contribution is 5.91. The van der Waals surface area contributed by atoms with Crippen LogP contribution < -0.4 is 15.8 Å². The minimum Gasteiger partial charge on any atom is -0.479 e. The molecule has 0 saturated carbocycles. The van der Waals surface area contributed by atoms with E-state index in [0.29, 0.717) is 30.3 Å². The Hall–Kier alpha value is -2.06. The topological polar surface area (TPSA) is 88.1 Å². The lowest BCUT2D eigenvalue weighted by Gasteiger charge is -2.16. The second-order valence-electron chi connectivity index (χ2n) is 5.46. The van der Waals surface area contributed by atoms with Crippen molar-refractivity contribution in [2.75, 3.05) is 18.5 Å². The fourth-order valence-corrected chi connectivity index (χ4v) is 2.18. The molecule has 114 valence electrons. The number of hydrogen-bond donors (Lipinski definition) is 2. The fourth-order valence-electron chi connectivity index (χ4n) is 2.18. The number of nitriles is 1. The molecule has 5 nitrogen and oxygen atoms in total. The van der Waals surface area contributed by atoms with Crippen molar-refractivity contribution in [2.24, 2.45) is 17.6 Å². The van der Waals surface area contributed by atoms with Crippen molar-refractivity contribution in [3.63, 3.8) is 0 Å². The molecule has 3 N–H and O–H groups in total. The molecule has 0 aliphatic rings. The van der Waals surface area contributed by atoms with E-state index in [2.05, 4.69) is 19.2 Å². The van der Waals surface area contributed by atoms with Crippen LogP contribution in [0.4, 0.5) is 5.69 Å². The molecule has 1 aromatic rings. The number of hydrogen-bond acceptors (Lipinski definition) is 4. The third-order valence-corrected chi connectivity index (χ3v) is 3.03. The Morgan fingerprint density at radius 3 is 2.86 bits per heavy atom. The van der Waals surface area contributed by atoms with Gasteiger partial charge in [0.2, 0.25) is 5.91 Å². The molecule has 5 heteroatoms. The molecule has 0 fully saturated rings. The third-order valence-electron chi connectivity index (χ3n) is 3.03. The summed E-state index contributed by atoms with van der Waals surface area (Å²) in [5, 5.41) is 11.3. The summed E-state index contributed by atoms with van der Waals surface area (Å²) in [6, 6.07) is 8.92. The SMILES string of the molecule is CC(C)C[C@H](CN)CC(=O)Nc1cccc(OCC#N)c1. The molecular weight excluding hydrogens is 266 g/mol. The van der Waals surface area contributed by atoms with Gasteiger partial charge in [-0.2, -0.15) is 5.26 Å². The van der Waals surface area contributed by atoms with Crippen LogP contribution in [0.25, 0.3) is 0 Å². The molecule has 21 heavy (non-hydrogen) atoms. The first kappa shape index (κ1) is 17.0. The number of ether oxygens (including phenoxy) is 1. The smallest absolute Gasteiger partial charge is 0.224 e. The highest BCUT2D eigenvalue weighted by Crippen LogP contribution is 2.19. The van der Waals surface area contributed by atoms with E-state index in [-0.39, 0.29) is 18.4 Å². The molecule has 1 rings (SSSR count). The molecule has 0 aromatic heterocycles. The molecule has 1 atom stereocenters. The Bertz CT molecular complexity index is 495. The summed E-state index contributed by atoms with van der Waals surface area (Å²) in [6.07, 6.45) is 1.35. The minimum absolute atomic E-state index is 0.0129. The normalized spacial score (nSPS) is 11.8. The molecule has 0 spiro atoms. The maximum atomic E-state index is 12.0. The third kappa shape index (κ3) is 6.77. The Labute approximate surface area is 126 Å². The molecule has 1 aromatic carbocycles. The van der Waals surface area contributed by atoms with Crippen molar-refractivity contribution < 1.29 is 9.53 Å². The van der Waals surface area contributed by atoms with Gasteiger partial charge in [-0.3, -0.25) is 4.79 Å². The van der Waals surface area contributed by atoms with Crippen molar-refractivity contribution in [3.05, 3.63) is 24.3 Å². The summed E-state index contributed by atoms with van der Waals surface area (Å²) in [5.41, 5.74) is 6.37. The van der Waals surface area contributed by atoms with Gasteiger partial charge in [-0.15, -0.1) is 0 Å². The van der Waals surface area contributed by atoms with Crippen LogP contribution in [0, 0.1) is 23.2 Å². The zero-order valence-electron chi connectivity index (χ0n) is 12.6. The van der Waals surface area contributed by atoms with E-state index in [9.17, 15) is 4.79 Å². The average molecular weight is 289 g/mol. The molecule has 0 radical (unpaired) electrons. The average Bonchev–Trinajstić information content (AvgIpc) is 2.44. The summed E-state index contributed by atoms with van der Waals surface area (Å²) in [6.45, 7) is 4.74. The van der Waals surface area contributed by atoms with Crippen LogP contribution in [0.5, 0.6) is 5.75 Å². The zero-order valence-corrected chi connectivity index (χ0v) is 12.6. The number of rotatable bonds is 8. The van der Waals surface area contributed by atoms with Crippen LogP contribution >= 0.6 is 0 Å². The van der Waals surface area contributed by atoms with Crippen LogP contribution in [0.2, 0.25) is 0 Å². The molecule has 0 aliphatic carbocycles. The van der Waals surface area contributed by atoms with Crippen molar-refractivity contribution >= 4 is 11.6 Å². The Kier molecular flexibility index (Phi) is 7.27. The second-order valence-corrected chi connectivity index (χ2v) is 5.46. The second kappa shape index (κ2) is 8.98. The van der Waals surface area contributed by atoms with Gasteiger partial charge in [0.1, 0.15) is 11.8 Å². The number of carbonyl (C=O) groups is 1. The predicted molar refractivity (Wildman–Crippen MR) is 82.8 cm³/mol. The lowest BCUT2D eigenvalue weighted by molar-refractivity contribution is -0.117. The Morgan fingerprint density at radius 1 is 1.48 bits per heavy atom. The van der Waals surface area contributed by atoms with E-state index in [1.54, 1.807) is 24.3 Å². The Balaban J connectivity index is 2.56. The zero-order chi connectivity index (χ0) is 15.7. The van der Waals surface area contributed by atoms with Gasteiger partial charge in [0.25, 0.3) is 0 Å². The molecule has 0 heterocycles. The number of nitrogens with one attached hydrogen (secondary N) is 1. The summed E-state index contributed by atoms with van der Waals surface area (Å²) in [5.74, 6) is 1.23. The van der Waals surface area contributed by atoms with Crippen LogP contribution in [-0.2, 0) is 4.79 Å². The molecule has 0 bridgehead atoms. The number of nitrogens with zero attached hydrogens (tertiary/aromatic N) is 1. The van der Waals surface area contributed by atoms with Crippen LogP contribution in [0.3, 0.4) is 0 Å². The largest absolute Gasteiger partial charge is 0.479 e. The number of carbonyl (C=O) groups excluding carboxylic acids is 1. The van der Waals surface area contributed by atoms with E-state index in [4.69, 9.17) is 15.7 Å². The van der Waals surface area contributed by atoms with Gasteiger partial charge < -0.3 is 15.8 Å². The van der Waals surface area contributed by atoms with Crippen molar-refractivity contribution in [1.82, 2.24) is 0 Å². The van der Waals surface area contributed by atoms with Gasteiger partial charge in [0.05, 0.1) is 0 Å². The minimum atomic E-state index is -0.0523. The first-order valence-electron chi connectivity index (χ1n) is 7.14. The van der Waals surface area contributed by atoms with E-state index in [1.807, 2.05) is 6.07 Å². The van der Waals surface area contributed by atoms with Crippen molar-refractivity contribution in [3.8, 4) is 11.8 Å². The van der Waals surface area contributed by atoms with E-state index in [0.717, 1.165) is 6.42 Å². The fraction of sp³-hybridized carbons (Fsp3) is 0.500. The van der Waals surface area contributed by atoms with Crippen molar-refractivity contribution in [2.45, 2.75) is 26.7 Å². The van der Waals surface area contributed by atoms with E-state index < -0.39 is 0 Å². The predicted octanol–water partition coefficient (Wildman–Crippen LogP) is 2.54. The Morgan fingerprint density at radius 2 is 2.24 bits per heavy atom. The molecule has 1 amide bonds. The summed E-state index contributed by atoms with van der Waals surface area (Å²) in [7, 11) is 0. The molecule has 0 saturated heterocycles. The summed E-state index contributed by atoms with van der Waals surface area (Å²) < 4.78 is 5.20. The van der Waals surface area contributed by atoms with Crippen LogP contribution in [0.15, 0.2) is 24.3 Å². The van der Waals surface area contributed by atoms with Gasteiger partial charge in [-0.05, 0) is 36.9 Å². The van der Waals surface area contributed by atoms with Crippen molar-refractivity contribution in [1.29, 1.82) is 5.26 Å². The number of benzene rings is 1. The number of anilines is 1. The van der Waals surface area contributed by atoms with Gasteiger partial charge in [0, 0.05) is 18.2 Å². The highest BCUT2D eigenvalue weighted by Gasteiger charge is 2.14. The monoisotopic (exact) mass is 289 g/mol. The summed E-state index contributed by atoms with van der Waals surface area (Å²) >= 11 is 0. The lowest BCUT2D eigenvalue weighted by atomic mass is 9.94. The van der Waals surface area contributed by atoms with Crippen LogP contribution in [-0.4, -0.2) is 19.1 Å². The quantitative estimate of drug-likeness (QED) is 0.769. The first-order chi connectivity index (χ1) is 10.0. The number of nitrogens with two attached hydrogens (primary N) is 1.